The van der Waals surface area contributed by atoms with Crippen LogP contribution >= 0.6 is 0 Å². The summed E-state index contributed by atoms with van der Waals surface area (Å²) in [5, 5.41) is 2.57. The molecule has 6 nitrogen and oxygen atoms in total. The molecule has 1 rings (SSSR count). The lowest BCUT2D eigenvalue weighted by Gasteiger charge is -2.18. The molecule has 0 saturated carbocycles. The first kappa shape index (κ1) is 16.3. The van der Waals surface area contributed by atoms with Gasteiger partial charge in [0.15, 0.2) is 0 Å². The second-order valence-electron chi connectivity index (χ2n) is 5.71. The standard InChI is InChI=1S/C13H20N2O4S/c1-13(2,3)9-19-12(16)14-10-5-7-11(8-6-10)15-20(4,17)18/h5-8,15H,9H2,1-4H3,(H,14,16). The average molecular weight is 300 g/mol. The summed E-state index contributed by atoms with van der Waals surface area (Å²) in [5.74, 6) is 0. The normalized spacial score (nSPS) is 11.8. The molecule has 7 heteroatoms. The van der Waals surface area contributed by atoms with Crippen LogP contribution in [0.15, 0.2) is 24.3 Å². The summed E-state index contributed by atoms with van der Waals surface area (Å²) in [6.45, 7) is 6.20. The minimum absolute atomic E-state index is 0.0966. The van der Waals surface area contributed by atoms with E-state index in [1.807, 2.05) is 20.8 Å². The Balaban J connectivity index is 2.55. The molecule has 0 unspecified atom stereocenters. The summed E-state index contributed by atoms with van der Waals surface area (Å²) in [4.78, 5) is 11.5. The molecule has 0 heterocycles. The first-order chi connectivity index (χ1) is 9.05. The van der Waals surface area contributed by atoms with Gasteiger partial charge in [-0.05, 0) is 29.7 Å². The van der Waals surface area contributed by atoms with Crippen molar-refractivity contribution in [1.29, 1.82) is 0 Å². The Hall–Kier alpha value is -1.76. The summed E-state index contributed by atoms with van der Waals surface area (Å²) in [6, 6.07) is 6.29. The molecule has 2 N–H and O–H groups in total. The van der Waals surface area contributed by atoms with Crippen molar-refractivity contribution < 1.29 is 17.9 Å². The molecule has 0 aliphatic carbocycles. The van der Waals surface area contributed by atoms with Gasteiger partial charge in [-0.25, -0.2) is 13.2 Å². The largest absolute Gasteiger partial charge is 0.449 e. The highest BCUT2D eigenvalue weighted by Crippen LogP contribution is 2.16. The molecule has 0 aliphatic rings. The minimum Gasteiger partial charge on any atom is -0.449 e. The van der Waals surface area contributed by atoms with Gasteiger partial charge in [-0.2, -0.15) is 0 Å². The van der Waals surface area contributed by atoms with Crippen molar-refractivity contribution in [2.45, 2.75) is 20.8 Å². The van der Waals surface area contributed by atoms with E-state index < -0.39 is 16.1 Å². The Morgan fingerprint density at radius 2 is 1.65 bits per heavy atom. The van der Waals surface area contributed by atoms with Crippen LogP contribution in [0.4, 0.5) is 16.2 Å². The molecule has 1 aromatic rings. The van der Waals surface area contributed by atoms with Crippen molar-refractivity contribution in [3.8, 4) is 0 Å². The lowest BCUT2D eigenvalue weighted by molar-refractivity contribution is 0.118. The summed E-state index contributed by atoms with van der Waals surface area (Å²) in [6.07, 6.45) is 0.534. The van der Waals surface area contributed by atoms with Crippen molar-refractivity contribution in [3.05, 3.63) is 24.3 Å². The molecule has 0 bridgehead atoms. The minimum atomic E-state index is -3.30. The van der Waals surface area contributed by atoms with E-state index in [0.29, 0.717) is 18.0 Å². The number of amides is 1. The molecular formula is C13H20N2O4S. The number of sulfonamides is 1. The molecule has 0 atom stereocenters. The van der Waals surface area contributed by atoms with Crippen LogP contribution in [0.25, 0.3) is 0 Å². The summed E-state index contributed by atoms with van der Waals surface area (Å²) in [5.41, 5.74) is 0.865. The molecular weight excluding hydrogens is 280 g/mol. The van der Waals surface area contributed by atoms with Gasteiger partial charge in [-0.3, -0.25) is 10.0 Å². The highest BCUT2D eigenvalue weighted by atomic mass is 32.2. The number of hydrogen-bond donors (Lipinski definition) is 2. The molecule has 0 aromatic heterocycles. The summed E-state index contributed by atoms with van der Waals surface area (Å²) < 4.78 is 29.5. The van der Waals surface area contributed by atoms with Crippen LogP contribution in [-0.4, -0.2) is 27.4 Å². The van der Waals surface area contributed by atoms with Gasteiger partial charge < -0.3 is 4.74 Å². The van der Waals surface area contributed by atoms with E-state index >= 15 is 0 Å². The Bertz CT molecular complexity index is 559. The van der Waals surface area contributed by atoms with Crippen LogP contribution in [0.5, 0.6) is 0 Å². The van der Waals surface area contributed by atoms with Gasteiger partial charge >= 0.3 is 6.09 Å². The Kier molecular flexibility index (Phi) is 4.99. The fraction of sp³-hybridized carbons (Fsp3) is 0.462. The fourth-order valence-electron chi connectivity index (χ4n) is 1.27. The van der Waals surface area contributed by atoms with Gasteiger partial charge in [0.05, 0.1) is 12.9 Å². The smallest absolute Gasteiger partial charge is 0.411 e. The number of carbonyl (C=O) groups excluding carboxylic acids is 1. The van der Waals surface area contributed by atoms with E-state index in [9.17, 15) is 13.2 Å². The number of benzene rings is 1. The number of hydrogen-bond acceptors (Lipinski definition) is 4. The van der Waals surface area contributed by atoms with Crippen molar-refractivity contribution in [1.82, 2.24) is 0 Å². The van der Waals surface area contributed by atoms with Gasteiger partial charge in [-0.15, -0.1) is 0 Å². The van der Waals surface area contributed by atoms with Crippen LogP contribution in [0.1, 0.15) is 20.8 Å². The lowest BCUT2D eigenvalue weighted by Crippen LogP contribution is -2.21. The number of ether oxygens (including phenoxy) is 1. The lowest BCUT2D eigenvalue weighted by atomic mass is 9.99. The SMILES string of the molecule is CC(C)(C)COC(=O)Nc1ccc(NS(C)(=O)=O)cc1. The zero-order valence-electron chi connectivity index (χ0n) is 12.1. The second kappa shape index (κ2) is 6.13. The third-order valence-corrected chi connectivity index (χ3v) is 2.68. The van der Waals surface area contributed by atoms with Crippen LogP contribution in [0, 0.1) is 5.41 Å². The van der Waals surface area contributed by atoms with E-state index in [0.717, 1.165) is 6.26 Å². The van der Waals surface area contributed by atoms with Gasteiger partial charge in [0, 0.05) is 11.4 Å². The van der Waals surface area contributed by atoms with E-state index in [1.165, 1.54) is 0 Å². The van der Waals surface area contributed by atoms with Crippen LogP contribution < -0.4 is 10.0 Å². The molecule has 1 aromatic carbocycles. The van der Waals surface area contributed by atoms with Crippen LogP contribution in [-0.2, 0) is 14.8 Å². The van der Waals surface area contributed by atoms with Crippen molar-refractivity contribution in [2.75, 3.05) is 22.9 Å². The molecule has 0 fully saturated rings. The maximum absolute atomic E-state index is 11.5. The molecule has 1 amide bonds. The Morgan fingerprint density at radius 1 is 1.15 bits per heavy atom. The number of anilines is 2. The molecule has 112 valence electrons. The molecule has 0 saturated heterocycles. The van der Waals surface area contributed by atoms with Crippen molar-refractivity contribution in [3.63, 3.8) is 0 Å². The predicted molar refractivity (Wildman–Crippen MR) is 79.3 cm³/mol. The van der Waals surface area contributed by atoms with Crippen LogP contribution in [0.2, 0.25) is 0 Å². The first-order valence-corrected chi connectivity index (χ1v) is 7.96. The van der Waals surface area contributed by atoms with Crippen LogP contribution in [0.3, 0.4) is 0 Å². The highest BCUT2D eigenvalue weighted by molar-refractivity contribution is 7.92. The van der Waals surface area contributed by atoms with Gasteiger partial charge in [-0.1, -0.05) is 20.8 Å². The van der Waals surface area contributed by atoms with Gasteiger partial charge in [0.1, 0.15) is 0 Å². The number of rotatable bonds is 4. The third kappa shape index (κ3) is 6.98. The van der Waals surface area contributed by atoms with E-state index in [1.54, 1.807) is 24.3 Å². The Morgan fingerprint density at radius 3 is 2.10 bits per heavy atom. The third-order valence-electron chi connectivity index (χ3n) is 2.07. The Labute approximate surface area is 119 Å². The van der Waals surface area contributed by atoms with E-state index in [4.69, 9.17) is 4.74 Å². The van der Waals surface area contributed by atoms with Crippen molar-refractivity contribution in [2.24, 2.45) is 5.41 Å². The van der Waals surface area contributed by atoms with Crippen molar-refractivity contribution >= 4 is 27.5 Å². The first-order valence-electron chi connectivity index (χ1n) is 6.07. The van der Waals surface area contributed by atoms with Gasteiger partial charge in [0.25, 0.3) is 0 Å². The number of carbonyl (C=O) groups is 1. The monoisotopic (exact) mass is 300 g/mol. The van der Waals surface area contributed by atoms with Gasteiger partial charge in [0.2, 0.25) is 10.0 Å². The van der Waals surface area contributed by atoms with E-state index in [2.05, 4.69) is 10.0 Å². The summed E-state index contributed by atoms with van der Waals surface area (Å²) in [7, 11) is -3.30. The highest BCUT2D eigenvalue weighted by Gasteiger charge is 2.13. The topological polar surface area (TPSA) is 84.5 Å². The molecule has 0 radical (unpaired) electrons. The second-order valence-corrected chi connectivity index (χ2v) is 7.46. The quantitative estimate of drug-likeness (QED) is 0.895. The number of nitrogens with one attached hydrogen (secondary N) is 2. The molecule has 20 heavy (non-hydrogen) atoms. The fourth-order valence-corrected chi connectivity index (χ4v) is 1.84. The zero-order chi connectivity index (χ0) is 15.4. The zero-order valence-corrected chi connectivity index (χ0v) is 12.9. The summed E-state index contributed by atoms with van der Waals surface area (Å²) >= 11 is 0. The average Bonchev–Trinajstić information content (AvgIpc) is 2.26. The molecule has 0 aliphatic heterocycles. The maximum Gasteiger partial charge on any atom is 0.411 e. The van der Waals surface area contributed by atoms with E-state index in [-0.39, 0.29) is 5.41 Å². The predicted octanol–water partition coefficient (Wildman–Crippen LogP) is 2.65. The molecule has 0 spiro atoms. The maximum atomic E-state index is 11.5.